The first-order valence-corrected chi connectivity index (χ1v) is 9.28. The molecule has 1 spiro atoms. The van der Waals surface area contributed by atoms with E-state index in [2.05, 4.69) is 48.3 Å². The maximum absolute atomic E-state index is 12.4. The smallest absolute Gasteiger partial charge is 0.249 e. The molecule has 1 aromatic rings. The van der Waals surface area contributed by atoms with Crippen LogP contribution in [0.4, 0.5) is 5.69 Å². The van der Waals surface area contributed by atoms with Gasteiger partial charge in [0.15, 0.2) is 0 Å². The van der Waals surface area contributed by atoms with Crippen molar-refractivity contribution in [2.45, 2.75) is 38.2 Å². The van der Waals surface area contributed by atoms with Crippen LogP contribution in [0, 0.1) is 5.92 Å². The molecule has 25 heavy (non-hydrogen) atoms. The average Bonchev–Trinajstić information content (AvgIpc) is 3.17. The lowest BCUT2D eigenvalue weighted by molar-refractivity contribution is -0.130. The minimum atomic E-state index is -0.366. The van der Waals surface area contributed by atoms with E-state index >= 15 is 0 Å². The Balaban J connectivity index is 1.71. The van der Waals surface area contributed by atoms with E-state index in [0.29, 0.717) is 25.7 Å². The van der Waals surface area contributed by atoms with Crippen molar-refractivity contribution in [2.75, 3.05) is 44.9 Å². The predicted octanol–water partition coefficient (Wildman–Crippen LogP) is 2.34. The van der Waals surface area contributed by atoms with Crippen LogP contribution in [0.1, 0.15) is 32.3 Å². The van der Waals surface area contributed by atoms with Gasteiger partial charge in [0.25, 0.3) is 0 Å². The quantitative estimate of drug-likeness (QED) is 0.770. The highest BCUT2D eigenvalue weighted by Gasteiger charge is 2.50. The summed E-state index contributed by atoms with van der Waals surface area (Å²) < 4.78 is 10.9. The molecule has 1 fully saturated rings. The van der Waals surface area contributed by atoms with Gasteiger partial charge < -0.3 is 19.7 Å². The molecule has 0 unspecified atom stereocenters. The Bertz CT molecular complexity index is 604. The van der Waals surface area contributed by atoms with Gasteiger partial charge in [0.05, 0.1) is 13.2 Å². The largest absolute Gasteiger partial charge is 0.383 e. The van der Waals surface area contributed by atoms with Crippen LogP contribution in [-0.4, -0.2) is 52.0 Å². The highest BCUT2D eigenvalue weighted by Crippen LogP contribution is 2.47. The van der Waals surface area contributed by atoms with Gasteiger partial charge in [-0.05, 0) is 30.4 Å². The van der Waals surface area contributed by atoms with Crippen LogP contribution in [0.2, 0.25) is 0 Å². The third kappa shape index (κ3) is 3.82. The second kappa shape index (κ2) is 7.75. The second-order valence-corrected chi connectivity index (χ2v) is 7.69. The molecule has 138 valence electrons. The van der Waals surface area contributed by atoms with Crippen molar-refractivity contribution < 1.29 is 14.3 Å². The summed E-state index contributed by atoms with van der Waals surface area (Å²) >= 11 is 0. The molecule has 2 heterocycles. The maximum Gasteiger partial charge on any atom is 0.249 e. The zero-order valence-corrected chi connectivity index (χ0v) is 15.6. The number of nitrogens with zero attached hydrogens (tertiary/aromatic N) is 1. The molecule has 0 radical (unpaired) electrons. The van der Waals surface area contributed by atoms with Crippen molar-refractivity contribution in [1.82, 2.24) is 5.32 Å². The molecule has 0 saturated carbocycles. The van der Waals surface area contributed by atoms with Gasteiger partial charge in [-0.25, -0.2) is 0 Å². The first-order valence-electron chi connectivity index (χ1n) is 9.28. The average molecular weight is 346 g/mol. The Morgan fingerprint density at radius 3 is 3.00 bits per heavy atom. The van der Waals surface area contributed by atoms with E-state index in [9.17, 15) is 4.79 Å². The van der Waals surface area contributed by atoms with E-state index < -0.39 is 0 Å². The fraction of sp³-hybridized carbons (Fsp3) is 0.650. The molecule has 5 nitrogen and oxygen atoms in total. The van der Waals surface area contributed by atoms with E-state index in [1.54, 1.807) is 7.11 Å². The van der Waals surface area contributed by atoms with Crippen LogP contribution < -0.4 is 10.2 Å². The number of nitrogens with one attached hydrogen (secondary N) is 1. The number of hydrogen-bond donors (Lipinski definition) is 1. The van der Waals surface area contributed by atoms with Crippen LogP contribution in [0.5, 0.6) is 0 Å². The Kier molecular flexibility index (Phi) is 5.64. The molecular formula is C20H30N2O3. The third-order valence-corrected chi connectivity index (χ3v) is 5.32. The van der Waals surface area contributed by atoms with Crippen molar-refractivity contribution >= 4 is 11.6 Å². The summed E-state index contributed by atoms with van der Waals surface area (Å²) in [6, 6.07) is 8.61. The lowest BCUT2D eigenvalue weighted by Crippen LogP contribution is -2.38. The highest BCUT2D eigenvalue weighted by molar-refractivity contribution is 5.81. The molecule has 5 heteroatoms. The Hall–Kier alpha value is -1.59. The zero-order chi connectivity index (χ0) is 17.9. The normalized spacial score (nSPS) is 25.0. The minimum absolute atomic E-state index is 0.0213. The predicted molar refractivity (Wildman–Crippen MR) is 99.0 cm³/mol. The maximum atomic E-state index is 12.4. The van der Waals surface area contributed by atoms with E-state index in [0.717, 1.165) is 19.5 Å². The van der Waals surface area contributed by atoms with E-state index in [-0.39, 0.29) is 17.4 Å². The number of methoxy groups -OCH3 is 1. The number of carbonyl (C=O) groups excluding carboxylic acids is 1. The summed E-state index contributed by atoms with van der Waals surface area (Å²) in [5.74, 6) is 0.662. The summed E-state index contributed by atoms with van der Waals surface area (Å²) in [5, 5.41) is 2.90. The number of ether oxygens (including phenoxy) is 2. The van der Waals surface area contributed by atoms with Crippen molar-refractivity contribution in [3.8, 4) is 0 Å². The van der Waals surface area contributed by atoms with E-state index in [4.69, 9.17) is 9.47 Å². The number of hydrogen-bond acceptors (Lipinski definition) is 4. The molecule has 1 N–H and O–H groups in total. The molecule has 0 aliphatic carbocycles. The van der Waals surface area contributed by atoms with Crippen molar-refractivity contribution in [3.63, 3.8) is 0 Å². The van der Waals surface area contributed by atoms with Gasteiger partial charge in [0, 0.05) is 37.8 Å². The zero-order valence-electron chi connectivity index (χ0n) is 15.6. The van der Waals surface area contributed by atoms with Gasteiger partial charge in [0.1, 0.15) is 6.10 Å². The molecular weight excluding hydrogens is 316 g/mol. The van der Waals surface area contributed by atoms with Gasteiger partial charge in [-0.1, -0.05) is 32.0 Å². The Morgan fingerprint density at radius 1 is 1.44 bits per heavy atom. The highest BCUT2D eigenvalue weighted by atomic mass is 16.5. The number of rotatable bonds is 7. The van der Waals surface area contributed by atoms with Crippen LogP contribution in [0.25, 0.3) is 0 Å². The SMILES string of the molecule is COCCNC(=O)[C@H]1C[C@]2(CO1)CN(CCC(C)C)c1ccccc12. The minimum Gasteiger partial charge on any atom is -0.383 e. The molecule has 1 aromatic carbocycles. The topological polar surface area (TPSA) is 50.8 Å². The number of benzene rings is 1. The molecule has 3 rings (SSSR count). The molecule has 1 amide bonds. The summed E-state index contributed by atoms with van der Waals surface area (Å²) in [6.45, 7) is 8.19. The summed E-state index contributed by atoms with van der Waals surface area (Å²) in [5.41, 5.74) is 2.59. The van der Waals surface area contributed by atoms with Crippen LogP contribution >= 0.6 is 0 Å². The number of amides is 1. The first-order chi connectivity index (χ1) is 12.1. The number of anilines is 1. The summed E-state index contributed by atoms with van der Waals surface area (Å²) in [6.07, 6.45) is 1.56. The lowest BCUT2D eigenvalue weighted by atomic mass is 9.80. The third-order valence-electron chi connectivity index (χ3n) is 5.32. The van der Waals surface area contributed by atoms with Gasteiger partial charge in [-0.15, -0.1) is 0 Å². The molecule has 2 aliphatic heterocycles. The lowest BCUT2D eigenvalue weighted by Gasteiger charge is -2.25. The second-order valence-electron chi connectivity index (χ2n) is 7.69. The van der Waals surface area contributed by atoms with Gasteiger partial charge in [-0.3, -0.25) is 4.79 Å². The van der Waals surface area contributed by atoms with Crippen LogP contribution in [0.3, 0.4) is 0 Å². The number of para-hydroxylation sites is 1. The fourth-order valence-electron chi connectivity index (χ4n) is 3.94. The standard InChI is InChI=1S/C20H30N2O3/c1-15(2)8-10-22-13-20(16-6-4-5-7-17(16)22)12-18(25-14-20)19(23)21-9-11-24-3/h4-7,15,18H,8-14H2,1-3H3,(H,21,23)/t18-,20-/m1/s1. The molecule has 2 atom stereocenters. The van der Waals surface area contributed by atoms with Crippen molar-refractivity contribution in [1.29, 1.82) is 0 Å². The van der Waals surface area contributed by atoms with Crippen LogP contribution in [-0.2, 0) is 19.7 Å². The van der Waals surface area contributed by atoms with Gasteiger partial charge in [-0.2, -0.15) is 0 Å². The molecule has 1 saturated heterocycles. The number of fused-ring (bicyclic) bond motifs is 2. The molecule has 2 aliphatic rings. The Labute approximate surface area is 150 Å². The monoisotopic (exact) mass is 346 g/mol. The molecule has 0 aromatic heterocycles. The number of carbonyl (C=O) groups is 1. The van der Waals surface area contributed by atoms with Gasteiger partial charge in [0.2, 0.25) is 5.91 Å². The summed E-state index contributed by atoms with van der Waals surface area (Å²) in [7, 11) is 1.63. The van der Waals surface area contributed by atoms with E-state index in [1.807, 2.05) is 0 Å². The fourth-order valence-corrected chi connectivity index (χ4v) is 3.94. The van der Waals surface area contributed by atoms with Gasteiger partial charge >= 0.3 is 0 Å². The summed E-state index contributed by atoms with van der Waals surface area (Å²) in [4.78, 5) is 14.8. The Morgan fingerprint density at radius 2 is 2.24 bits per heavy atom. The van der Waals surface area contributed by atoms with Crippen LogP contribution in [0.15, 0.2) is 24.3 Å². The van der Waals surface area contributed by atoms with Crippen molar-refractivity contribution in [3.05, 3.63) is 29.8 Å². The molecule has 0 bridgehead atoms. The first kappa shape index (κ1) is 18.2. The van der Waals surface area contributed by atoms with Crippen molar-refractivity contribution in [2.24, 2.45) is 5.92 Å². The van der Waals surface area contributed by atoms with E-state index in [1.165, 1.54) is 17.7 Å².